The molecule has 0 atom stereocenters. The van der Waals surface area contributed by atoms with E-state index in [2.05, 4.69) is 145 Å². The number of ether oxygens (including phenoxy) is 2. The standard InChI is InChI=1S/C29H27N3O.C25H25N3O.2CH4/c1-2-33-23-22-31(26-12-6-3-7-13-26)30-24-25-18-20-29(21-19-25)32(27-14-8-4-9-15-27)28-16-10-5-11-17-28;1-3-27-24-13-9-8-12-22(24)23-18-20(14-15-25(23)27)19-26-28(16-17-29-4-2)21-10-6-5-7-11-21;;/h2-21,24H,1,22-23H2;4-15,18-19H,2-3,16-17H2,1H3;2*1H4/b30-24+;26-19+;;. The average molecular weight is 849 g/mol. The van der Waals surface area contributed by atoms with Crippen molar-refractivity contribution in [1.82, 2.24) is 4.57 Å². The molecule has 0 saturated heterocycles. The van der Waals surface area contributed by atoms with E-state index >= 15 is 0 Å². The first-order valence-electron chi connectivity index (χ1n) is 20.9. The third-order valence-electron chi connectivity index (χ3n) is 10.2. The number of hydrogen-bond donors (Lipinski definition) is 0. The fraction of sp³-hybridized carbons (Fsp3) is 0.143. The van der Waals surface area contributed by atoms with Gasteiger partial charge in [-0.2, -0.15) is 10.2 Å². The maximum Gasteiger partial charge on any atom is 0.107 e. The first-order valence-corrected chi connectivity index (χ1v) is 20.9. The van der Waals surface area contributed by atoms with Crippen molar-refractivity contribution in [1.29, 1.82) is 0 Å². The van der Waals surface area contributed by atoms with Crippen LogP contribution in [0.4, 0.5) is 28.4 Å². The first kappa shape index (κ1) is 47.2. The summed E-state index contributed by atoms with van der Waals surface area (Å²) in [4.78, 5) is 2.24. The predicted molar refractivity (Wildman–Crippen MR) is 275 cm³/mol. The van der Waals surface area contributed by atoms with Gasteiger partial charge in [-0.05, 0) is 96.9 Å². The van der Waals surface area contributed by atoms with Crippen LogP contribution in [0.3, 0.4) is 0 Å². The maximum atomic E-state index is 5.31. The summed E-state index contributed by atoms with van der Waals surface area (Å²) in [6.45, 7) is 12.7. The van der Waals surface area contributed by atoms with Crippen LogP contribution in [0.2, 0.25) is 0 Å². The van der Waals surface area contributed by atoms with E-state index in [9.17, 15) is 0 Å². The summed E-state index contributed by atoms with van der Waals surface area (Å²) in [6, 6.07) is 64.4. The Morgan fingerprint density at radius 1 is 0.469 bits per heavy atom. The first-order chi connectivity index (χ1) is 30.7. The summed E-state index contributed by atoms with van der Waals surface area (Å²) in [5.74, 6) is 0. The van der Waals surface area contributed by atoms with Crippen LogP contribution in [0.15, 0.2) is 224 Å². The average Bonchev–Trinajstić information content (AvgIpc) is 3.66. The lowest BCUT2D eigenvalue weighted by atomic mass is 10.1. The van der Waals surface area contributed by atoms with Crippen molar-refractivity contribution in [2.24, 2.45) is 10.2 Å². The van der Waals surface area contributed by atoms with Crippen LogP contribution < -0.4 is 14.9 Å². The quantitative estimate of drug-likeness (QED) is 0.0373. The van der Waals surface area contributed by atoms with Crippen LogP contribution in [0, 0.1) is 0 Å². The van der Waals surface area contributed by atoms with Crippen LogP contribution in [-0.4, -0.2) is 43.3 Å². The fourth-order valence-corrected chi connectivity index (χ4v) is 7.23. The molecule has 0 aliphatic carbocycles. The number of hydrogen-bond acceptors (Lipinski definition) is 7. The van der Waals surface area contributed by atoms with Gasteiger partial charge in [-0.15, -0.1) is 0 Å². The molecule has 0 saturated carbocycles. The third-order valence-corrected chi connectivity index (χ3v) is 10.2. The van der Waals surface area contributed by atoms with Crippen molar-refractivity contribution in [2.45, 2.75) is 28.3 Å². The van der Waals surface area contributed by atoms with Crippen molar-refractivity contribution >= 4 is 62.7 Å². The molecule has 8 rings (SSSR count). The second kappa shape index (κ2) is 24.6. The third kappa shape index (κ3) is 12.2. The second-order valence-electron chi connectivity index (χ2n) is 14.1. The number of nitrogens with zero attached hydrogens (tertiary/aromatic N) is 6. The number of fused-ring (bicyclic) bond motifs is 3. The molecule has 0 amide bonds. The van der Waals surface area contributed by atoms with E-state index in [0.29, 0.717) is 26.3 Å². The Hall–Kier alpha value is -7.84. The highest BCUT2D eigenvalue weighted by molar-refractivity contribution is 6.09. The Morgan fingerprint density at radius 3 is 1.36 bits per heavy atom. The molecule has 0 bridgehead atoms. The SMILES string of the molecule is C.C.C=COCCN(/N=C/c1ccc(N(c2ccccc2)c2ccccc2)cc1)c1ccccc1.C=COCCN(/N=C/c1ccc2c(c1)c1ccccc1n2CC)c1ccccc1. The summed E-state index contributed by atoms with van der Waals surface area (Å²) in [7, 11) is 0. The largest absolute Gasteiger partial charge is 0.500 e. The zero-order valence-corrected chi connectivity index (χ0v) is 35.2. The van der Waals surface area contributed by atoms with Gasteiger partial charge in [0.2, 0.25) is 0 Å². The normalized spacial score (nSPS) is 10.6. The Balaban J connectivity index is 0.000000235. The molecule has 0 spiro atoms. The molecule has 0 aliphatic rings. The molecule has 0 N–H and O–H groups in total. The summed E-state index contributed by atoms with van der Waals surface area (Å²) < 4.78 is 13.0. The van der Waals surface area contributed by atoms with Crippen LogP contribution >= 0.6 is 0 Å². The van der Waals surface area contributed by atoms with E-state index < -0.39 is 0 Å². The number of aryl methyl sites for hydroxylation is 1. The van der Waals surface area contributed by atoms with Crippen molar-refractivity contribution in [3.63, 3.8) is 0 Å². The van der Waals surface area contributed by atoms with Crippen molar-refractivity contribution in [3.8, 4) is 0 Å². The predicted octanol–water partition coefficient (Wildman–Crippen LogP) is 14.2. The Bertz CT molecular complexity index is 2620. The molecular formula is C56H60N6O2. The molecule has 8 heteroatoms. The zero-order valence-electron chi connectivity index (χ0n) is 35.2. The highest BCUT2D eigenvalue weighted by atomic mass is 16.5. The monoisotopic (exact) mass is 848 g/mol. The molecule has 8 nitrogen and oxygen atoms in total. The number of anilines is 5. The topological polar surface area (TPSA) is 57.8 Å². The fourth-order valence-electron chi connectivity index (χ4n) is 7.23. The lowest BCUT2D eigenvalue weighted by Crippen LogP contribution is -2.21. The second-order valence-corrected chi connectivity index (χ2v) is 14.1. The number of para-hydroxylation sites is 5. The van der Waals surface area contributed by atoms with Gasteiger partial charge >= 0.3 is 0 Å². The van der Waals surface area contributed by atoms with Gasteiger partial charge in [0.05, 0.1) is 49.4 Å². The molecule has 1 heterocycles. The summed E-state index contributed by atoms with van der Waals surface area (Å²) >= 11 is 0. The van der Waals surface area contributed by atoms with Gasteiger partial charge in [0.15, 0.2) is 0 Å². The summed E-state index contributed by atoms with van der Waals surface area (Å²) in [5, 5.41) is 15.9. The van der Waals surface area contributed by atoms with Crippen LogP contribution in [0.1, 0.15) is 32.9 Å². The minimum absolute atomic E-state index is 0. The molecule has 64 heavy (non-hydrogen) atoms. The van der Waals surface area contributed by atoms with E-state index in [1.807, 2.05) is 95.2 Å². The molecule has 7 aromatic carbocycles. The van der Waals surface area contributed by atoms with Crippen LogP contribution in [0.25, 0.3) is 21.8 Å². The van der Waals surface area contributed by atoms with Gasteiger partial charge in [-0.1, -0.05) is 137 Å². The van der Waals surface area contributed by atoms with Gasteiger partial charge in [0.1, 0.15) is 13.2 Å². The molecule has 1 aromatic heterocycles. The van der Waals surface area contributed by atoms with Crippen molar-refractivity contribution in [3.05, 3.63) is 225 Å². The summed E-state index contributed by atoms with van der Waals surface area (Å²) in [6.07, 6.45) is 6.71. The van der Waals surface area contributed by atoms with E-state index in [1.54, 1.807) is 0 Å². The number of benzene rings is 7. The van der Waals surface area contributed by atoms with Gasteiger partial charge in [-0.25, -0.2) is 0 Å². The molecule has 0 aliphatic heterocycles. The van der Waals surface area contributed by atoms with Crippen molar-refractivity contribution < 1.29 is 9.47 Å². The minimum atomic E-state index is 0. The number of hydrazone groups is 2. The Kier molecular flexibility index (Phi) is 18.1. The van der Waals surface area contributed by atoms with Gasteiger partial charge in [0, 0.05) is 45.4 Å². The molecule has 0 fully saturated rings. The Morgan fingerprint density at radius 2 is 0.875 bits per heavy atom. The van der Waals surface area contributed by atoms with Gasteiger partial charge < -0.3 is 18.9 Å². The smallest absolute Gasteiger partial charge is 0.107 e. The minimum Gasteiger partial charge on any atom is -0.500 e. The van der Waals surface area contributed by atoms with E-state index in [1.165, 1.54) is 34.3 Å². The molecule has 8 aromatic rings. The van der Waals surface area contributed by atoms with Crippen LogP contribution in [0.5, 0.6) is 0 Å². The van der Waals surface area contributed by atoms with E-state index in [0.717, 1.165) is 46.1 Å². The molecular weight excluding hydrogens is 789 g/mol. The lowest BCUT2D eigenvalue weighted by Gasteiger charge is -2.25. The van der Waals surface area contributed by atoms with Gasteiger partial charge in [0.25, 0.3) is 0 Å². The van der Waals surface area contributed by atoms with E-state index in [4.69, 9.17) is 19.7 Å². The Labute approximate surface area is 379 Å². The maximum absolute atomic E-state index is 5.31. The molecule has 326 valence electrons. The van der Waals surface area contributed by atoms with Crippen LogP contribution in [-0.2, 0) is 16.0 Å². The number of aromatic nitrogens is 1. The molecule has 0 unspecified atom stereocenters. The number of rotatable bonds is 18. The van der Waals surface area contributed by atoms with Crippen molar-refractivity contribution in [2.75, 3.05) is 41.2 Å². The highest BCUT2D eigenvalue weighted by Crippen LogP contribution is 2.34. The highest BCUT2D eigenvalue weighted by Gasteiger charge is 2.13. The lowest BCUT2D eigenvalue weighted by molar-refractivity contribution is 0.258. The van der Waals surface area contributed by atoms with Gasteiger partial charge in [-0.3, -0.25) is 10.0 Å². The van der Waals surface area contributed by atoms with E-state index in [-0.39, 0.29) is 14.9 Å². The zero-order chi connectivity index (χ0) is 42.8. The molecule has 0 radical (unpaired) electrons. The summed E-state index contributed by atoms with van der Waals surface area (Å²) in [5.41, 5.74) is 9.97.